The standard InChI is InChI=1S/C36H25N3O/c1-36(2)29-18-17-24(19-26(29)27-21-32-28(20-30(27)36)25-15-9-10-16-31(25)40-32)35-38-33(22-11-5-3-6-12-22)37-34(39-35)23-13-7-4-8-14-23/h3-21H,1-2H3. The average Bonchev–Trinajstić information content (AvgIpc) is 3.48. The van der Waals surface area contributed by atoms with Crippen LogP contribution >= 0.6 is 0 Å². The molecule has 1 aliphatic carbocycles. The Morgan fingerprint density at radius 3 is 1.73 bits per heavy atom. The Hall–Kier alpha value is -5.09. The fourth-order valence-electron chi connectivity index (χ4n) is 6.05. The lowest BCUT2D eigenvalue weighted by Crippen LogP contribution is -2.14. The van der Waals surface area contributed by atoms with Crippen LogP contribution in [0, 0.1) is 0 Å². The molecule has 40 heavy (non-hydrogen) atoms. The minimum absolute atomic E-state index is 0.140. The molecule has 2 aromatic heterocycles. The number of fused-ring (bicyclic) bond motifs is 6. The summed E-state index contributed by atoms with van der Waals surface area (Å²) < 4.78 is 6.27. The minimum atomic E-state index is -0.140. The van der Waals surface area contributed by atoms with Gasteiger partial charge in [0.15, 0.2) is 17.5 Å². The molecule has 0 fully saturated rings. The van der Waals surface area contributed by atoms with Crippen LogP contribution in [0.3, 0.4) is 0 Å². The van der Waals surface area contributed by atoms with E-state index in [2.05, 4.69) is 56.3 Å². The van der Waals surface area contributed by atoms with Crippen LogP contribution in [0.2, 0.25) is 0 Å². The first-order valence-electron chi connectivity index (χ1n) is 13.5. The largest absolute Gasteiger partial charge is 0.456 e. The molecule has 0 saturated carbocycles. The molecule has 7 aromatic rings. The van der Waals surface area contributed by atoms with E-state index in [1.807, 2.05) is 72.8 Å². The maximum atomic E-state index is 6.27. The van der Waals surface area contributed by atoms with Crippen LogP contribution in [0.5, 0.6) is 0 Å². The Labute approximate surface area is 232 Å². The van der Waals surface area contributed by atoms with E-state index in [1.165, 1.54) is 22.3 Å². The average molecular weight is 516 g/mol. The molecule has 0 N–H and O–H groups in total. The normalized spacial score (nSPS) is 13.4. The highest BCUT2D eigenvalue weighted by molar-refractivity contribution is 6.07. The van der Waals surface area contributed by atoms with Crippen molar-refractivity contribution in [1.29, 1.82) is 0 Å². The van der Waals surface area contributed by atoms with Crippen molar-refractivity contribution in [1.82, 2.24) is 15.0 Å². The van der Waals surface area contributed by atoms with Crippen LogP contribution in [0.1, 0.15) is 25.0 Å². The van der Waals surface area contributed by atoms with E-state index in [1.54, 1.807) is 0 Å². The number of rotatable bonds is 3. The van der Waals surface area contributed by atoms with E-state index in [0.717, 1.165) is 38.6 Å². The van der Waals surface area contributed by atoms with Crippen molar-refractivity contribution in [3.63, 3.8) is 0 Å². The molecular weight excluding hydrogens is 490 g/mol. The Balaban J connectivity index is 1.33. The van der Waals surface area contributed by atoms with E-state index < -0.39 is 0 Å². The van der Waals surface area contributed by atoms with Crippen molar-refractivity contribution in [2.75, 3.05) is 0 Å². The van der Waals surface area contributed by atoms with Gasteiger partial charge in [0.2, 0.25) is 0 Å². The third kappa shape index (κ3) is 3.43. The van der Waals surface area contributed by atoms with Gasteiger partial charge in [0.25, 0.3) is 0 Å². The van der Waals surface area contributed by atoms with Gasteiger partial charge in [0.1, 0.15) is 11.2 Å². The topological polar surface area (TPSA) is 51.8 Å². The summed E-state index contributed by atoms with van der Waals surface area (Å²) in [7, 11) is 0. The summed E-state index contributed by atoms with van der Waals surface area (Å²) in [4.78, 5) is 14.8. The summed E-state index contributed by atoms with van der Waals surface area (Å²) >= 11 is 0. The van der Waals surface area contributed by atoms with E-state index >= 15 is 0 Å². The predicted molar refractivity (Wildman–Crippen MR) is 161 cm³/mol. The predicted octanol–water partition coefficient (Wildman–Crippen LogP) is 9.08. The molecule has 0 radical (unpaired) electrons. The van der Waals surface area contributed by atoms with E-state index in [0.29, 0.717) is 17.5 Å². The van der Waals surface area contributed by atoms with Crippen molar-refractivity contribution < 1.29 is 4.42 Å². The second-order valence-corrected chi connectivity index (χ2v) is 10.9. The zero-order chi connectivity index (χ0) is 26.8. The van der Waals surface area contributed by atoms with Crippen molar-refractivity contribution in [2.45, 2.75) is 19.3 Å². The summed E-state index contributed by atoms with van der Waals surface area (Å²) in [5.41, 5.74) is 9.58. The monoisotopic (exact) mass is 515 g/mol. The molecule has 2 heterocycles. The molecule has 4 heteroatoms. The second kappa shape index (κ2) is 8.45. The van der Waals surface area contributed by atoms with Gasteiger partial charge in [0, 0.05) is 32.9 Å². The summed E-state index contributed by atoms with van der Waals surface area (Å²) in [5.74, 6) is 1.98. The van der Waals surface area contributed by atoms with Crippen LogP contribution in [-0.4, -0.2) is 15.0 Å². The van der Waals surface area contributed by atoms with Crippen molar-refractivity contribution >= 4 is 21.9 Å². The first-order valence-corrected chi connectivity index (χ1v) is 13.5. The lowest BCUT2D eigenvalue weighted by Gasteiger charge is -2.21. The second-order valence-electron chi connectivity index (χ2n) is 10.9. The number of para-hydroxylation sites is 1. The van der Waals surface area contributed by atoms with Gasteiger partial charge in [-0.25, -0.2) is 15.0 Å². The highest BCUT2D eigenvalue weighted by Crippen LogP contribution is 2.51. The fraction of sp³-hybridized carbons (Fsp3) is 0.0833. The third-order valence-electron chi connectivity index (χ3n) is 8.13. The van der Waals surface area contributed by atoms with E-state index in [9.17, 15) is 0 Å². The Morgan fingerprint density at radius 2 is 1.05 bits per heavy atom. The maximum Gasteiger partial charge on any atom is 0.164 e. The summed E-state index contributed by atoms with van der Waals surface area (Å²) in [5, 5.41) is 2.31. The number of furan rings is 1. The maximum absolute atomic E-state index is 6.27. The summed E-state index contributed by atoms with van der Waals surface area (Å²) in [6, 6.07) is 39.6. The summed E-state index contributed by atoms with van der Waals surface area (Å²) in [6.45, 7) is 4.60. The van der Waals surface area contributed by atoms with Gasteiger partial charge in [-0.05, 0) is 46.5 Å². The first-order chi connectivity index (χ1) is 19.6. The molecule has 190 valence electrons. The summed E-state index contributed by atoms with van der Waals surface area (Å²) in [6.07, 6.45) is 0. The van der Waals surface area contributed by atoms with Crippen LogP contribution in [0.25, 0.3) is 67.2 Å². The number of hydrogen-bond donors (Lipinski definition) is 0. The van der Waals surface area contributed by atoms with Gasteiger partial charge >= 0.3 is 0 Å². The van der Waals surface area contributed by atoms with Gasteiger partial charge < -0.3 is 4.42 Å². The zero-order valence-corrected chi connectivity index (χ0v) is 22.2. The van der Waals surface area contributed by atoms with E-state index in [4.69, 9.17) is 19.4 Å². The molecule has 0 amide bonds. The van der Waals surface area contributed by atoms with Gasteiger partial charge in [0.05, 0.1) is 0 Å². The molecule has 4 nitrogen and oxygen atoms in total. The van der Waals surface area contributed by atoms with Crippen LogP contribution in [0.15, 0.2) is 120 Å². The number of benzene rings is 5. The number of aromatic nitrogens is 3. The zero-order valence-electron chi connectivity index (χ0n) is 22.2. The van der Waals surface area contributed by atoms with Crippen LogP contribution < -0.4 is 0 Å². The molecule has 8 rings (SSSR count). The highest BCUT2D eigenvalue weighted by atomic mass is 16.3. The first kappa shape index (κ1) is 22.9. The van der Waals surface area contributed by atoms with Crippen molar-refractivity contribution in [3.8, 4) is 45.3 Å². The quantitative estimate of drug-likeness (QED) is 0.235. The van der Waals surface area contributed by atoms with Gasteiger partial charge in [-0.15, -0.1) is 0 Å². The Morgan fingerprint density at radius 1 is 0.475 bits per heavy atom. The molecule has 0 bridgehead atoms. The molecule has 1 aliphatic rings. The van der Waals surface area contributed by atoms with Crippen molar-refractivity contribution in [2.24, 2.45) is 0 Å². The van der Waals surface area contributed by atoms with Gasteiger partial charge in [-0.1, -0.05) is 105 Å². The highest BCUT2D eigenvalue weighted by Gasteiger charge is 2.36. The SMILES string of the molecule is CC1(C)c2ccc(-c3nc(-c4ccccc4)nc(-c4ccccc4)n3)cc2-c2cc3oc4ccccc4c3cc21. The van der Waals surface area contributed by atoms with E-state index in [-0.39, 0.29) is 5.41 Å². The minimum Gasteiger partial charge on any atom is -0.456 e. The lowest BCUT2D eigenvalue weighted by molar-refractivity contribution is 0.658. The molecular formula is C36H25N3O. The van der Waals surface area contributed by atoms with Crippen LogP contribution in [0.4, 0.5) is 0 Å². The molecule has 0 saturated heterocycles. The molecule has 0 unspecified atom stereocenters. The number of hydrogen-bond acceptors (Lipinski definition) is 4. The van der Waals surface area contributed by atoms with Crippen molar-refractivity contribution in [3.05, 3.63) is 126 Å². The molecule has 0 atom stereocenters. The van der Waals surface area contributed by atoms with Gasteiger partial charge in [-0.2, -0.15) is 0 Å². The lowest BCUT2D eigenvalue weighted by atomic mass is 9.82. The smallest absolute Gasteiger partial charge is 0.164 e. The van der Waals surface area contributed by atoms with Crippen LogP contribution in [-0.2, 0) is 5.41 Å². The number of nitrogens with zero attached hydrogens (tertiary/aromatic N) is 3. The molecule has 0 aliphatic heterocycles. The Bertz CT molecular complexity index is 2020. The molecule has 0 spiro atoms. The fourth-order valence-corrected chi connectivity index (χ4v) is 6.05. The molecule has 5 aromatic carbocycles. The van der Waals surface area contributed by atoms with Gasteiger partial charge in [-0.3, -0.25) is 0 Å². The Kier molecular flexibility index (Phi) is 4.83. The third-order valence-corrected chi connectivity index (χ3v) is 8.13.